The fourth-order valence-corrected chi connectivity index (χ4v) is 2.10. The summed E-state index contributed by atoms with van der Waals surface area (Å²) in [7, 11) is 0. The van der Waals surface area contributed by atoms with Crippen LogP contribution in [-0.2, 0) is 15.7 Å². The standard InChI is InChI=1S/C18H17F3N2O5/c1-2-8-22-17(26)23-15(24)10-27-16(25)14-7-6-13(28-14)11-4-3-5-12(9-11)18(19,20)21/h3-7,9H,2,8,10H2,1H3,(H2,22,23,24,26). The van der Waals surface area contributed by atoms with Gasteiger partial charge in [0.15, 0.2) is 6.61 Å². The van der Waals surface area contributed by atoms with Crippen molar-refractivity contribution in [2.45, 2.75) is 19.5 Å². The number of nitrogens with one attached hydrogen (secondary N) is 2. The number of urea groups is 1. The van der Waals surface area contributed by atoms with Crippen molar-refractivity contribution >= 4 is 17.9 Å². The lowest BCUT2D eigenvalue weighted by Crippen LogP contribution is -2.41. The number of alkyl halides is 3. The van der Waals surface area contributed by atoms with E-state index in [9.17, 15) is 27.6 Å². The zero-order valence-corrected chi connectivity index (χ0v) is 14.8. The second-order valence-corrected chi connectivity index (χ2v) is 5.62. The highest BCUT2D eigenvalue weighted by molar-refractivity contribution is 5.96. The summed E-state index contributed by atoms with van der Waals surface area (Å²) in [4.78, 5) is 34.7. The summed E-state index contributed by atoms with van der Waals surface area (Å²) in [6.45, 7) is 1.49. The van der Waals surface area contributed by atoms with Crippen LogP contribution < -0.4 is 10.6 Å². The molecule has 2 rings (SSSR count). The number of ether oxygens (including phenoxy) is 1. The van der Waals surface area contributed by atoms with Gasteiger partial charge in [0.1, 0.15) is 5.76 Å². The van der Waals surface area contributed by atoms with Gasteiger partial charge in [-0.1, -0.05) is 19.1 Å². The fraction of sp³-hybridized carbons (Fsp3) is 0.278. The van der Waals surface area contributed by atoms with Crippen molar-refractivity contribution in [3.63, 3.8) is 0 Å². The number of benzene rings is 1. The number of hydrogen-bond acceptors (Lipinski definition) is 5. The Hall–Kier alpha value is -3.30. The molecule has 1 aromatic heterocycles. The summed E-state index contributed by atoms with van der Waals surface area (Å²) in [6.07, 6.45) is -3.83. The summed E-state index contributed by atoms with van der Waals surface area (Å²) in [5, 5.41) is 4.38. The maximum Gasteiger partial charge on any atom is 0.416 e. The number of imide groups is 1. The second kappa shape index (κ2) is 9.07. The van der Waals surface area contributed by atoms with E-state index in [-0.39, 0.29) is 17.1 Å². The van der Waals surface area contributed by atoms with E-state index in [1.165, 1.54) is 24.3 Å². The molecule has 0 saturated heterocycles. The predicted octanol–water partition coefficient (Wildman–Crippen LogP) is 3.36. The Labute approximate surface area is 157 Å². The van der Waals surface area contributed by atoms with Crippen LogP contribution in [0.2, 0.25) is 0 Å². The second-order valence-electron chi connectivity index (χ2n) is 5.62. The SMILES string of the molecule is CCCNC(=O)NC(=O)COC(=O)c1ccc(-c2cccc(C(F)(F)F)c2)o1. The van der Waals surface area contributed by atoms with Gasteiger partial charge in [0.2, 0.25) is 5.76 Å². The molecule has 0 aliphatic rings. The van der Waals surface area contributed by atoms with E-state index in [0.717, 1.165) is 12.1 Å². The Balaban J connectivity index is 1.96. The third kappa shape index (κ3) is 5.86. The molecule has 0 atom stereocenters. The average Bonchev–Trinajstić information content (AvgIpc) is 3.14. The van der Waals surface area contributed by atoms with Gasteiger partial charge in [-0.05, 0) is 30.7 Å². The molecule has 28 heavy (non-hydrogen) atoms. The number of carbonyl (C=O) groups excluding carboxylic acids is 3. The number of hydrogen-bond donors (Lipinski definition) is 2. The molecule has 0 bridgehead atoms. The monoisotopic (exact) mass is 398 g/mol. The largest absolute Gasteiger partial charge is 0.450 e. The Bertz CT molecular complexity index is 861. The van der Waals surface area contributed by atoms with E-state index in [4.69, 9.17) is 9.15 Å². The quantitative estimate of drug-likeness (QED) is 0.728. The highest BCUT2D eigenvalue weighted by atomic mass is 19.4. The van der Waals surface area contributed by atoms with Crippen molar-refractivity contribution in [2.75, 3.05) is 13.2 Å². The van der Waals surface area contributed by atoms with E-state index < -0.39 is 36.3 Å². The molecule has 2 N–H and O–H groups in total. The Morgan fingerprint density at radius 2 is 1.89 bits per heavy atom. The smallest absolute Gasteiger partial charge is 0.416 e. The van der Waals surface area contributed by atoms with Crippen LogP contribution in [0.25, 0.3) is 11.3 Å². The first kappa shape index (κ1) is 21.0. The minimum absolute atomic E-state index is 0.0291. The normalized spacial score (nSPS) is 11.0. The number of rotatable bonds is 6. The minimum Gasteiger partial charge on any atom is -0.450 e. The molecule has 150 valence electrons. The fourth-order valence-electron chi connectivity index (χ4n) is 2.10. The van der Waals surface area contributed by atoms with Gasteiger partial charge in [-0.2, -0.15) is 13.2 Å². The Kier molecular flexibility index (Phi) is 6.80. The lowest BCUT2D eigenvalue weighted by molar-refractivity contribution is -0.137. The molecule has 10 heteroatoms. The van der Waals surface area contributed by atoms with Gasteiger partial charge in [0.25, 0.3) is 5.91 Å². The van der Waals surface area contributed by atoms with Crippen molar-refractivity contribution in [3.8, 4) is 11.3 Å². The highest BCUT2D eigenvalue weighted by Crippen LogP contribution is 2.32. The number of esters is 1. The topological polar surface area (TPSA) is 97.6 Å². The third-order valence-electron chi connectivity index (χ3n) is 3.40. The zero-order valence-electron chi connectivity index (χ0n) is 14.8. The van der Waals surface area contributed by atoms with Crippen molar-refractivity contribution in [2.24, 2.45) is 0 Å². The summed E-state index contributed by atoms with van der Waals surface area (Å²) in [5.41, 5.74) is -0.734. The maximum absolute atomic E-state index is 12.8. The number of furan rings is 1. The summed E-state index contributed by atoms with van der Waals surface area (Å²) < 4.78 is 48.3. The molecule has 0 fully saturated rings. The van der Waals surface area contributed by atoms with Crippen LogP contribution in [0.3, 0.4) is 0 Å². The van der Waals surface area contributed by atoms with Crippen LogP contribution >= 0.6 is 0 Å². The summed E-state index contributed by atoms with van der Waals surface area (Å²) >= 11 is 0. The minimum atomic E-state index is -4.51. The van der Waals surface area contributed by atoms with Crippen LogP contribution in [0, 0.1) is 0 Å². The number of halogens is 3. The number of carbonyl (C=O) groups is 3. The third-order valence-corrected chi connectivity index (χ3v) is 3.40. The van der Waals surface area contributed by atoms with Gasteiger partial charge in [0, 0.05) is 12.1 Å². The van der Waals surface area contributed by atoms with Crippen molar-refractivity contribution in [1.29, 1.82) is 0 Å². The van der Waals surface area contributed by atoms with Crippen LogP contribution in [0.4, 0.5) is 18.0 Å². The molecule has 7 nitrogen and oxygen atoms in total. The highest BCUT2D eigenvalue weighted by Gasteiger charge is 2.30. The zero-order chi connectivity index (χ0) is 20.7. The van der Waals surface area contributed by atoms with E-state index in [1.807, 2.05) is 12.2 Å². The van der Waals surface area contributed by atoms with E-state index in [1.54, 1.807) is 0 Å². The molecule has 0 aliphatic carbocycles. The molecule has 3 amide bonds. The Morgan fingerprint density at radius 1 is 1.14 bits per heavy atom. The molecule has 0 spiro atoms. The summed E-state index contributed by atoms with van der Waals surface area (Å²) in [5.74, 6) is -2.11. The lowest BCUT2D eigenvalue weighted by Gasteiger charge is -2.07. The van der Waals surface area contributed by atoms with Gasteiger partial charge in [-0.15, -0.1) is 0 Å². The van der Waals surface area contributed by atoms with Crippen LogP contribution in [0.1, 0.15) is 29.5 Å². The number of amides is 3. The van der Waals surface area contributed by atoms with E-state index in [0.29, 0.717) is 13.0 Å². The molecular formula is C18H17F3N2O5. The van der Waals surface area contributed by atoms with E-state index in [2.05, 4.69) is 5.32 Å². The first-order valence-corrected chi connectivity index (χ1v) is 8.23. The van der Waals surface area contributed by atoms with Gasteiger partial charge < -0.3 is 14.5 Å². The summed E-state index contributed by atoms with van der Waals surface area (Å²) in [6, 6.07) is 6.21. The molecule has 0 saturated carbocycles. The van der Waals surface area contributed by atoms with Crippen molar-refractivity contribution in [1.82, 2.24) is 10.6 Å². The molecular weight excluding hydrogens is 381 g/mol. The molecule has 0 unspecified atom stereocenters. The molecule has 0 aliphatic heterocycles. The maximum atomic E-state index is 12.8. The molecule has 1 heterocycles. The van der Waals surface area contributed by atoms with Crippen LogP contribution in [0.15, 0.2) is 40.8 Å². The van der Waals surface area contributed by atoms with Gasteiger partial charge >= 0.3 is 18.2 Å². The molecule has 1 aromatic carbocycles. The predicted molar refractivity (Wildman–Crippen MR) is 91.3 cm³/mol. The first-order valence-electron chi connectivity index (χ1n) is 8.23. The van der Waals surface area contributed by atoms with Crippen molar-refractivity contribution in [3.05, 3.63) is 47.7 Å². The van der Waals surface area contributed by atoms with Gasteiger partial charge in [-0.25, -0.2) is 9.59 Å². The first-order chi connectivity index (χ1) is 13.2. The van der Waals surface area contributed by atoms with Gasteiger partial charge in [0.05, 0.1) is 5.56 Å². The molecule has 2 aromatic rings. The van der Waals surface area contributed by atoms with E-state index >= 15 is 0 Å². The van der Waals surface area contributed by atoms with Crippen molar-refractivity contribution < 1.29 is 36.7 Å². The van der Waals surface area contributed by atoms with Crippen LogP contribution in [-0.4, -0.2) is 31.1 Å². The van der Waals surface area contributed by atoms with Crippen LogP contribution in [0.5, 0.6) is 0 Å². The Morgan fingerprint density at radius 3 is 2.57 bits per heavy atom. The molecule has 0 radical (unpaired) electrons. The van der Waals surface area contributed by atoms with Gasteiger partial charge in [-0.3, -0.25) is 10.1 Å². The average molecular weight is 398 g/mol. The lowest BCUT2D eigenvalue weighted by atomic mass is 10.1.